The maximum absolute atomic E-state index is 5.89. The molecule has 3 rings (SSSR count). The minimum atomic E-state index is -0.0360. The largest absolute Gasteiger partial charge is 0.356 e. The van der Waals surface area contributed by atoms with Crippen LogP contribution in [0.4, 0.5) is 5.95 Å². The number of nitrogens with zero attached hydrogens (tertiary/aromatic N) is 3. The first-order valence-corrected chi connectivity index (χ1v) is 8.32. The summed E-state index contributed by atoms with van der Waals surface area (Å²) in [7, 11) is 0. The molecular weight excluding hydrogens is 288 g/mol. The van der Waals surface area contributed by atoms with E-state index in [1.165, 1.54) is 0 Å². The molecule has 1 aromatic carbocycles. The Bertz CT molecular complexity index is 644. The fraction of sp³-hybridized carbons (Fsp3) is 0.444. The molecular formula is C18H24N4O. The fourth-order valence-electron chi connectivity index (χ4n) is 2.60. The monoisotopic (exact) mass is 312 g/mol. The lowest BCUT2D eigenvalue weighted by atomic mass is 10.2. The zero-order valence-corrected chi connectivity index (χ0v) is 13.7. The van der Waals surface area contributed by atoms with Crippen molar-refractivity contribution >= 4 is 5.95 Å². The van der Waals surface area contributed by atoms with Crippen molar-refractivity contribution in [3.63, 3.8) is 0 Å². The molecule has 1 fully saturated rings. The SMILES string of the molecule is C=C(CC)CNc1nc(-c2ccccc2)nn1C1CCCCO1. The van der Waals surface area contributed by atoms with Crippen LogP contribution in [0, 0.1) is 0 Å². The summed E-state index contributed by atoms with van der Waals surface area (Å²) in [5, 5.41) is 8.06. The Morgan fingerprint density at radius 3 is 2.87 bits per heavy atom. The zero-order valence-electron chi connectivity index (χ0n) is 13.7. The van der Waals surface area contributed by atoms with Gasteiger partial charge in [-0.2, -0.15) is 4.98 Å². The van der Waals surface area contributed by atoms with Crippen molar-refractivity contribution in [2.45, 2.75) is 38.8 Å². The molecule has 0 aliphatic carbocycles. The third-order valence-electron chi connectivity index (χ3n) is 4.09. The second-order valence-electron chi connectivity index (χ2n) is 5.85. The highest BCUT2D eigenvalue weighted by atomic mass is 16.5. The lowest BCUT2D eigenvalue weighted by Crippen LogP contribution is -2.21. The van der Waals surface area contributed by atoms with Gasteiger partial charge in [-0.15, -0.1) is 5.10 Å². The van der Waals surface area contributed by atoms with E-state index in [0.29, 0.717) is 6.54 Å². The predicted octanol–water partition coefficient (Wildman–Crippen LogP) is 4.02. The number of anilines is 1. The maximum Gasteiger partial charge on any atom is 0.224 e. The topological polar surface area (TPSA) is 52.0 Å². The van der Waals surface area contributed by atoms with Gasteiger partial charge in [0.1, 0.15) is 0 Å². The van der Waals surface area contributed by atoms with Crippen molar-refractivity contribution in [1.82, 2.24) is 14.8 Å². The highest BCUT2D eigenvalue weighted by Gasteiger charge is 2.22. The van der Waals surface area contributed by atoms with Gasteiger partial charge in [0.15, 0.2) is 12.1 Å². The van der Waals surface area contributed by atoms with E-state index in [-0.39, 0.29) is 6.23 Å². The van der Waals surface area contributed by atoms with Gasteiger partial charge in [0.05, 0.1) is 0 Å². The van der Waals surface area contributed by atoms with Crippen LogP contribution in [-0.2, 0) is 4.74 Å². The molecule has 1 saturated heterocycles. The van der Waals surface area contributed by atoms with Crippen LogP contribution < -0.4 is 5.32 Å². The summed E-state index contributed by atoms with van der Waals surface area (Å²) in [6.45, 7) is 7.64. The van der Waals surface area contributed by atoms with Gasteiger partial charge >= 0.3 is 0 Å². The second kappa shape index (κ2) is 7.42. The third kappa shape index (κ3) is 3.79. The molecule has 1 aromatic heterocycles. The molecule has 2 heterocycles. The summed E-state index contributed by atoms with van der Waals surface area (Å²) in [6.07, 6.45) is 4.16. The van der Waals surface area contributed by atoms with E-state index in [2.05, 4.69) is 23.8 Å². The molecule has 0 spiro atoms. The Morgan fingerprint density at radius 2 is 2.17 bits per heavy atom. The number of hydrogen-bond donors (Lipinski definition) is 1. The Balaban J connectivity index is 1.87. The van der Waals surface area contributed by atoms with E-state index in [0.717, 1.165) is 55.2 Å². The van der Waals surface area contributed by atoms with Gasteiger partial charge in [0, 0.05) is 18.7 Å². The minimum absolute atomic E-state index is 0.0360. The number of hydrogen-bond acceptors (Lipinski definition) is 4. The van der Waals surface area contributed by atoms with Crippen LogP contribution in [0.25, 0.3) is 11.4 Å². The van der Waals surface area contributed by atoms with Gasteiger partial charge < -0.3 is 10.1 Å². The molecule has 23 heavy (non-hydrogen) atoms. The number of ether oxygens (including phenoxy) is 1. The first-order valence-electron chi connectivity index (χ1n) is 8.32. The van der Waals surface area contributed by atoms with Crippen molar-refractivity contribution in [3.8, 4) is 11.4 Å². The van der Waals surface area contributed by atoms with Crippen LogP contribution in [0.3, 0.4) is 0 Å². The van der Waals surface area contributed by atoms with Crippen molar-refractivity contribution in [3.05, 3.63) is 42.5 Å². The molecule has 122 valence electrons. The van der Waals surface area contributed by atoms with E-state index in [4.69, 9.17) is 9.84 Å². The smallest absolute Gasteiger partial charge is 0.224 e. The molecule has 2 aromatic rings. The van der Waals surface area contributed by atoms with Crippen molar-refractivity contribution in [2.75, 3.05) is 18.5 Å². The Morgan fingerprint density at radius 1 is 1.35 bits per heavy atom. The van der Waals surface area contributed by atoms with Crippen LogP contribution in [0.5, 0.6) is 0 Å². The minimum Gasteiger partial charge on any atom is -0.356 e. The molecule has 5 heteroatoms. The molecule has 0 radical (unpaired) electrons. The fourth-order valence-corrected chi connectivity index (χ4v) is 2.60. The highest BCUT2D eigenvalue weighted by molar-refractivity contribution is 5.56. The van der Waals surface area contributed by atoms with Crippen molar-refractivity contribution in [1.29, 1.82) is 0 Å². The molecule has 1 unspecified atom stereocenters. The summed E-state index contributed by atoms with van der Waals surface area (Å²) in [6, 6.07) is 10.0. The standard InChI is InChI=1S/C18H24N4O/c1-3-14(2)13-19-18-20-17(15-9-5-4-6-10-15)21-22(18)16-11-7-8-12-23-16/h4-6,9-10,16H,2-3,7-8,11-13H2,1H3,(H,19,20,21). The summed E-state index contributed by atoms with van der Waals surface area (Å²) < 4.78 is 7.78. The Labute approximate surface area is 137 Å². The van der Waals surface area contributed by atoms with E-state index >= 15 is 0 Å². The Hall–Kier alpha value is -2.14. The van der Waals surface area contributed by atoms with Crippen LogP contribution in [0.1, 0.15) is 38.8 Å². The van der Waals surface area contributed by atoms with Gasteiger partial charge in [-0.1, -0.05) is 49.4 Å². The lowest BCUT2D eigenvalue weighted by Gasteiger charge is -2.23. The zero-order chi connectivity index (χ0) is 16.1. The van der Waals surface area contributed by atoms with Gasteiger partial charge in [-0.3, -0.25) is 0 Å². The van der Waals surface area contributed by atoms with E-state index in [9.17, 15) is 0 Å². The molecule has 1 atom stereocenters. The first kappa shape index (κ1) is 15.7. The normalized spacial score (nSPS) is 17.9. The van der Waals surface area contributed by atoms with E-state index < -0.39 is 0 Å². The van der Waals surface area contributed by atoms with Crippen LogP contribution in [-0.4, -0.2) is 27.9 Å². The molecule has 5 nitrogen and oxygen atoms in total. The van der Waals surface area contributed by atoms with Gasteiger partial charge in [0.25, 0.3) is 0 Å². The van der Waals surface area contributed by atoms with E-state index in [1.54, 1.807) is 0 Å². The predicted molar refractivity (Wildman–Crippen MR) is 92.2 cm³/mol. The average molecular weight is 312 g/mol. The number of benzene rings is 1. The molecule has 1 aliphatic heterocycles. The average Bonchev–Trinajstić information content (AvgIpc) is 3.05. The molecule has 0 bridgehead atoms. The molecule has 1 aliphatic rings. The molecule has 1 N–H and O–H groups in total. The third-order valence-corrected chi connectivity index (χ3v) is 4.09. The van der Waals surface area contributed by atoms with Crippen LogP contribution in [0.15, 0.2) is 42.5 Å². The van der Waals surface area contributed by atoms with E-state index in [1.807, 2.05) is 35.0 Å². The van der Waals surface area contributed by atoms with Crippen LogP contribution in [0.2, 0.25) is 0 Å². The summed E-state index contributed by atoms with van der Waals surface area (Å²) in [5.41, 5.74) is 2.16. The molecule has 0 amide bonds. The van der Waals surface area contributed by atoms with Crippen molar-refractivity contribution in [2.24, 2.45) is 0 Å². The highest BCUT2D eigenvalue weighted by Crippen LogP contribution is 2.27. The summed E-state index contributed by atoms with van der Waals surface area (Å²) in [4.78, 5) is 4.68. The first-order chi connectivity index (χ1) is 11.3. The number of rotatable bonds is 6. The second-order valence-corrected chi connectivity index (χ2v) is 5.85. The number of aromatic nitrogens is 3. The number of nitrogens with one attached hydrogen (secondary N) is 1. The van der Waals surface area contributed by atoms with Crippen molar-refractivity contribution < 1.29 is 4.74 Å². The summed E-state index contributed by atoms with van der Waals surface area (Å²) in [5.74, 6) is 1.48. The molecule has 0 saturated carbocycles. The van der Waals surface area contributed by atoms with Gasteiger partial charge in [-0.25, -0.2) is 4.68 Å². The Kier molecular flexibility index (Phi) is 5.08. The quantitative estimate of drug-likeness (QED) is 0.818. The summed E-state index contributed by atoms with van der Waals surface area (Å²) >= 11 is 0. The van der Waals surface area contributed by atoms with Crippen LogP contribution >= 0.6 is 0 Å². The van der Waals surface area contributed by atoms with Gasteiger partial charge in [-0.05, 0) is 25.7 Å². The maximum atomic E-state index is 5.89. The van der Waals surface area contributed by atoms with Gasteiger partial charge in [0.2, 0.25) is 5.95 Å². The lowest BCUT2D eigenvalue weighted by molar-refractivity contribution is -0.0381.